The normalized spacial score (nSPS) is 17.9. The monoisotopic (exact) mass is 312 g/mol. The van der Waals surface area contributed by atoms with E-state index in [-0.39, 0.29) is 10.6 Å². The van der Waals surface area contributed by atoms with E-state index in [4.69, 9.17) is 0 Å². The summed E-state index contributed by atoms with van der Waals surface area (Å²) in [6, 6.07) is 4.97. The number of hydrogen-bond donors (Lipinski definition) is 0. The average Bonchev–Trinajstić information content (AvgIpc) is 2.34. The first-order valence-corrected chi connectivity index (χ1v) is 7.00. The minimum absolute atomic E-state index is 0.165. The van der Waals surface area contributed by atoms with Crippen molar-refractivity contribution in [1.29, 1.82) is 0 Å². The molecule has 0 bridgehead atoms. The molecule has 1 aliphatic rings. The Balaban J connectivity index is 2.08. The van der Waals surface area contributed by atoms with Crippen LogP contribution < -0.4 is 0 Å². The summed E-state index contributed by atoms with van der Waals surface area (Å²) >= 11 is 3.47. The highest BCUT2D eigenvalue weighted by Crippen LogP contribution is 2.25. The van der Waals surface area contributed by atoms with E-state index >= 15 is 0 Å². The molecule has 1 aromatic rings. The zero-order valence-corrected chi connectivity index (χ0v) is 12.0. The predicted octanol–water partition coefficient (Wildman–Crippen LogP) is 3.59. The van der Waals surface area contributed by atoms with E-state index in [9.17, 15) is 10.1 Å². The first-order valence-electron chi connectivity index (χ1n) is 6.21. The lowest BCUT2D eigenvalue weighted by Gasteiger charge is -2.30. The van der Waals surface area contributed by atoms with Gasteiger partial charge in [-0.05, 0) is 43.5 Å². The van der Waals surface area contributed by atoms with Crippen LogP contribution in [0.5, 0.6) is 0 Å². The van der Waals surface area contributed by atoms with Crippen LogP contribution in [0.15, 0.2) is 22.7 Å². The van der Waals surface area contributed by atoms with E-state index in [2.05, 4.69) is 27.8 Å². The maximum atomic E-state index is 10.8. The maximum Gasteiger partial charge on any atom is 0.269 e. The number of likely N-dealkylation sites (tertiary alicyclic amines) is 1. The third-order valence-electron chi connectivity index (χ3n) is 3.51. The number of nitrogens with zero attached hydrogens (tertiary/aromatic N) is 2. The molecule has 0 radical (unpaired) electrons. The van der Waals surface area contributed by atoms with E-state index in [1.54, 1.807) is 12.1 Å². The molecule has 0 aromatic heterocycles. The van der Waals surface area contributed by atoms with Crippen molar-refractivity contribution in [2.75, 3.05) is 13.1 Å². The van der Waals surface area contributed by atoms with Crippen LogP contribution >= 0.6 is 15.9 Å². The first-order chi connectivity index (χ1) is 8.56. The standard InChI is InChI=1S/C13H17BrN2O2/c1-10-4-6-15(7-5-10)9-11-8-12(16(17)18)2-3-13(11)14/h2-3,8,10H,4-7,9H2,1H3. The van der Waals surface area contributed by atoms with Gasteiger partial charge >= 0.3 is 0 Å². The van der Waals surface area contributed by atoms with Crippen LogP contribution in [0.1, 0.15) is 25.3 Å². The highest BCUT2D eigenvalue weighted by molar-refractivity contribution is 9.10. The molecule has 0 spiro atoms. The highest BCUT2D eigenvalue weighted by Gasteiger charge is 2.17. The number of halogens is 1. The number of piperidine rings is 1. The highest BCUT2D eigenvalue weighted by atomic mass is 79.9. The van der Waals surface area contributed by atoms with Crippen molar-refractivity contribution >= 4 is 21.6 Å². The molecule has 0 unspecified atom stereocenters. The van der Waals surface area contributed by atoms with Crippen LogP contribution in [-0.4, -0.2) is 22.9 Å². The van der Waals surface area contributed by atoms with E-state index in [0.717, 1.165) is 35.6 Å². The molecule has 0 atom stereocenters. The molecule has 2 rings (SSSR count). The summed E-state index contributed by atoms with van der Waals surface area (Å²) < 4.78 is 0.951. The van der Waals surface area contributed by atoms with Gasteiger partial charge in [-0.3, -0.25) is 15.0 Å². The van der Waals surface area contributed by atoms with E-state index in [1.807, 2.05) is 0 Å². The largest absolute Gasteiger partial charge is 0.299 e. The second-order valence-electron chi connectivity index (χ2n) is 4.99. The quantitative estimate of drug-likeness (QED) is 0.633. The van der Waals surface area contributed by atoms with Gasteiger partial charge in [-0.1, -0.05) is 22.9 Å². The maximum absolute atomic E-state index is 10.8. The minimum Gasteiger partial charge on any atom is -0.299 e. The Bertz CT molecular complexity index is 443. The van der Waals surface area contributed by atoms with Crippen LogP contribution in [0.25, 0.3) is 0 Å². The summed E-state index contributed by atoms with van der Waals surface area (Å²) in [5, 5.41) is 10.8. The Kier molecular flexibility index (Phi) is 4.35. The molecular formula is C13H17BrN2O2. The number of rotatable bonds is 3. The third-order valence-corrected chi connectivity index (χ3v) is 4.28. The van der Waals surface area contributed by atoms with Crippen LogP contribution in [0.3, 0.4) is 0 Å². The molecule has 1 aromatic carbocycles. The fraction of sp³-hybridized carbons (Fsp3) is 0.538. The molecule has 4 nitrogen and oxygen atoms in total. The van der Waals surface area contributed by atoms with Gasteiger partial charge in [0.2, 0.25) is 0 Å². The smallest absolute Gasteiger partial charge is 0.269 e. The summed E-state index contributed by atoms with van der Waals surface area (Å²) in [6.07, 6.45) is 2.43. The third kappa shape index (κ3) is 3.29. The van der Waals surface area contributed by atoms with Crippen molar-refractivity contribution in [3.63, 3.8) is 0 Å². The second kappa shape index (κ2) is 5.80. The van der Waals surface area contributed by atoms with Gasteiger partial charge in [0.05, 0.1) is 4.92 Å². The van der Waals surface area contributed by atoms with Gasteiger partial charge < -0.3 is 0 Å². The molecular weight excluding hydrogens is 296 g/mol. The molecule has 18 heavy (non-hydrogen) atoms. The fourth-order valence-corrected chi connectivity index (χ4v) is 2.63. The Hall–Kier alpha value is -0.940. The number of hydrogen-bond acceptors (Lipinski definition) is 3. The van der Waals surface area contributed by atoms with Gasteiger partial charge in [0, 0.05) is 23.2 Å². The van der Waals surface area contributed by atoms with Crippen molar-refractivity contribution in [3.8, 4) is 0 Å². The van der Waals surface area contributed by atoms with E-state index < -0.39 is 0 Å². The van der Waals surface area contributed by atoms with Crippen molar-refractivity contribution < 1.29 is 4.92 Å². The lowest BCUT2D eigenvalue weighted by atomic mass is 9.99. The summed E-state index contributed by atoms with van der Waals surface area (Å²) in [5.74, 6) is 0.801. The molecule has 0 aliphatic carbocycles. The van der Waals surface area contributed by atoms with Gasteiger partial charge in [0.15, 0.2) is 0 Å². The first kappa shape index (κ1) is 13.5. The SMILES string of the molecule is CC1CCN(Cc2cc([N+](=O)[O-])ccc2Br)CC1. The average molecular weight is 313 g/mol. The summed E-state index contributed by atoms with van der Waals surface area (Å²) in [6.45, 7) is 5.22. The molecule has 0 amide bonds. The van der Waals surface area contributed by atoms with E-state index in [1.165, 1.54) is 18.9 Å². The van der Waals surface area contributed by atoms with Crippen molar-refractivity contribution in [2.24, 2.45) is 5.92 Å². The lowest BCUT2D eigenvalue weighted by molar-refractivity contribution is -0.384. The van der Waals surface area contributed by atoms with Crippen LogP contribution in [0, 0.1) is 16.0 Å². The van der Waals surface area contributed by atoms with Gasteiger partial charge in [-0.2, -0.15) is 0 Å². The zero-order valence-electron chi connectivity index (χ0n) is 10.4. The topological polar surface area (TPSA) is 46.4 Å². The summed E-state index contributed by atoms with van der Waals surface area (Å²) in [5.41, 5.74) is 1.16. The fourth-order valence-electron chi connectivity index (χ4n) is 2.26. The number of benzene rings is 1. The second-order valence-corrected chi connectivity index (χ2v) is 5.85. The van der Waals surface area contributed by atoms with Crippen molar-refractivity contribution in [1.82, 2.24) is 4.90 Å². The molecule has 98 valence electrons. The van der Waals surface area contributed by atoms with Crippen LogP contribution in [0.2, 0.25) is 0 Å². The zero-order chi connectivity index (χ0) is 13.1. The van der Waals surface area contributed by atoms with Crippen molar-refractivity contribution in [3.05, 3.63) is 38.3 Å². The Morgan fingerprint density at radius 3 is 2.72 bits per heavy atom. The van der Waals surface area contributed by atoms with Gasteiger partial charge in [0.1, 0.15) is 0 Å². The molecule has 1 aliphatic heterocycles. The van der Waals surface area contributed by atoms with Crippen molar-refractivity contribution in [2.45, 2.75) is 26.3 Å². The van der Waals surface area contributed by atoms with Crippen LogP contribution in [0.4, 0.5) is 5.69 Å². The summed E-state index contributed by atoms with van der Waals surface area (Å²) in [4.78, 5) is 12.8. The molecule has 1 saturated heterocycles. The molecule has 0 N–H and O–H groups in total. The van der Waals surface area contributed by atoms with Gasteiger partial charge in [-0.25, -0.2) is 0 Å². The molecule has 1 heterocycles. The van der Waals surface area contributed by atoms with Crippen LogP contribution in [-0.2, 0) is 6.54 Å². The predicted molar refractivity (Wildman–Crippen MR) is 74.5 cm³/mol. The molecule has 0 saturated carbocycles. The molecule has 1 fully saturated rings. The minimum atomic E-state index is -0.339. The number of nitro benzene ring substituents is 1. The number of non-ortho nitro benzene ring substituents is 1. The Morgan fingerprint density at radius 1 is 1.44 bits per heavy atom. The van der Waals surface area contributed by atoms with Gasteiger partial charge in [0.25, 0.3) is 5.69 Å². The Morgan fingerprint density at radius 2 is 2.11 bits per heavy atom. The summed E-state index contributed by atoms with van der Waals surface area (Å²) in [7, 11) is 0. The number of nitro groups is 1. The Labute approximate surface area is 115 Å². The molecule has 5 heteroatoms. The lowest BCUT2D eigenvalue weighted by Crippen LogP contribution is -2.32. The van der Waals surface area contributed by atoms with Gasteiger partial charge in [-0.15, -0.1) is 0 Å². The van der Waals surface area contributed by atoms with E-state index in [0.29, 0.717) is 0 Å².